The van der Waals surface area contributed by atoms with E-state index in [9.17, 15) is 15.0 Å². The average Bonchev–Trinajstić information content (AvgIpc) is 3.09. The lowest BCUT2D eigenvalue weighted by atomic mass is 9.88. The Morgan fingerprint density at radius 2 is 2.12 bits per heavy atom. The van der Waals surface area contributed by atoms with Crippen molar-refractivity contribution >= 4 is 5.91 Å². The Kier molecular flexibility index (Phi) is 8.86. The fourth-order valence-electron chi connectivity index (χ4n) is 4.57. The first-order valence-corrected chi connectivity index (χ1v) is 10.5. The summed E-state index contributed by atoms with van der Waals surface area (Å²) in [7, 11) is 0. The summed E-state index contributed by atoms with van der Waals surface area (Å²) < 4.78 is 0. The first-order valence-electron chi connectivity index (χ1n) is 10.5. The lowest BCUT2D eigenvalue weighted by molar-refractivity contribution is -0.118. The number of amides is 1. The van der Waals surface area contributed by atoms with Gasteiger partial charge in [0.05, 0.1) is 12.2 Å². The number of allylic oxidation sites excluding steroid dienone is 2. The number of aliphatic hydroxyl groups excluding tert-OH is 2. The van der Waals surface area contributed by atoms with Crippen LogP contribution in [0.3, 0.4) is 0 Å². The molecule has 0 aliphatic heterocycles. The van der Waals surface area contributed by atoms with Crippen LogP contribution in [0, 0.1) is 17.8 Å². The maximum absolute atomic E-state index is 10.8. The summed E-state index contributed by atoms with van der Waals surface area (Å²) in [6.07, 6.45) is 16.4. The summed E-state index contributed by atoms with van der Waals surface area (Å²) in [4.78, 5) is 10.8. The van der Waals surface area contributed by atoms with Crippen molar-refractivity contribution in [3.63, 3.8) is 0 Å². The van der Waals surface area contributed by atoms with Crippen LogP contribution in [0.25, 0.3) is 0 Å². The van der Waals surface area contributed by atoms with E-state index in [1.165, 1.54) is 12.0 Å². The maximum atomic E-state index is 10.8. The van der Waals surface area contributed by atoms with Crippen LogP contribution >= 0.6 is 0 Å². The van der Waals surface area contributed by atoms with Crippen LogP contribution in [0.5, 0.6) is 0 Å². The van der Waals surface area contributed by atoms with Gasteiger partial charge in [0.2, 0.25) is 5.91 Å². The minimum Gasteiger partial charge on any atom is -0.392 e. The fraction of sp³-hybridized carbons (Fsp3) is 0.773. The van der Waals surface area contributed by atoms with Crippen molar-refractivity contribution in [3.8, 4) is 0 Å². The molecule has 0 aromatic heterocycles. The van der Waals surface area contributed by atoms with Crippen molar-refractivity contribution in [2.45, 2.75) is 89.8 Å². The van der Waals surface area contributed by atoms with Gasteiger partial charge in [-0.25, -0.2) is 0 Å². The van der Waals surface area contributed by atoms with Crippen LogP contribution in [-0.4, -0.2) is 28.3 Å². The molecule has 0 radical (unpaired) electrons. The Hall–Kier alpha value is -1.13. The van der Waals surface area contributed by atoms with Gasteiger partial charge in [-0.1, -0.05) is 56.4 Å². The van der Waals surface area contributed by atoms with Crippen molar-refractivity contribution in [2.24, 2.45) is 23.5 Å². The third-order valence-corrected chi connectivity index (χ3v) is 6.03. The highest BCUT2D eigenvalue weighted by Gasteiger charge is 2.43. The van der Waals surface area contributed by atoms with E-state index in [2.05, 4.69) is 19.1 Å². The molecule has 2 rings (SSSR count). The number of carbonyl (C=O) groups is 1. The van der Waals surface area contributed by atoms with Crippen molar-refractivity contribution in [3.05, 3.63) is 23.8 Å². The Labute approximate surface area is 158 Å². The van der Waals surface area contributed by atoms with Gasteiger partial charge in [-0.05, 0) is 50.4 Å². The van der Waals surface area contributed by atoms with E-state index in [0.29, 0.717) is 18.3 Å². The summed E-state index contributed by atoms with van der Waals surface area (Å²) in [5, 5.41) is 20.5. The second-order valence-corrected chi connectivity index (χ2v) is 8.21. The third-order valence-electron chi connectivity index (χ3n) is 6.03. The molecule has 2 aliphatic rings. The van der Waals surface area contributed by atoms with Crippen LogP contribution in [-0.2, 0) is 4.79 Å². The number of nitrogens with two attached hydrogens (primary N) is 1. The molecule has 0 bridgehead atoms. The van der Waals surface area contributed by atoms with Gasteiger partial charge >= 0.3 is 0 Å². The Bertz CT molecular complexity index is 500. The van der Waals surface area contributed by atoms with Crippen LogP contribution in [0.4, 0.5) is 0 Å². The van der Waals surface area contributed by atoms with Gasteiger partial charge in [-0.2, -0.15) is 0 Å². The predicted molar refractivity (Wildman–Crippen MR) is 105 cm³/mol. The summed E-state index contributed by atoms with van der Waals surface area (Å²) in [5.74, 6) is 0.937. The SMILES string of the molecule is CCCCC[C@H](O)/C=C/[C@@H]1[C@H]2CC(CCCCCC(N)=O)=C[C@H]2C[C@H]1O. The number of hydrogen-bond donors (Lipinski definition) is 3. The first-order chi connectivity index (χ1) is 12.5. The van der Waals surface area contributed by atoms with Crippen LogP contribution in [0.15, 0.2) is 23.8 Å². The zero-order valence-electron chi connectivity index (χ0n) is 16.3. The summed E-state index contributed by atoms with van der Waals surface area (Å²) >= 11 is 0. The quantitative estimate of drug-likeness (QED) is 0.364. The largest absolute Gasteiger partial charge is 0.392 e. The number of fused-ring (bicyclic) bond motifs is 1. The second-order valence-electron chi connectivity index (χ2n) is 8.21. The normalized spacial score (nSPS) is 29.1. The minimum atomic E-state index is -0.383. The smallest absolute Gasteiger partial charge is 0.217 e. The highest BCUT2D eigenvalue weighted by Crippen LogP contribution is 2.48. The molecule has 0 aromatic rings. The molecule has 5 atom stereocenters. The molecule has 26 heavy (non-hydrogen) atoms. The van der Waals surface area contributed by atoms with Gasteiger partial charge in [-0.3, -0.25) is 4.79 Å². The van der Waals surface area contributed by atoms with Crippen molar-refractivity contribution in [1.82, 2.24) is 0 Å². The molecule has 0 unspecified atom stereocenters. The van der Waals surface area contributed by atoms with Crippen LogP contribution in [0.2, 0.25) is 0 Å². The molecule has 0 aromatic carbocycles. The molecule has 2 aliphatic carbocycles. The molecule has 148 valence electrons. The Morgan fingerprint density at radius 1 is 1.31 bits per heavy atom. The van der Waals surface area contributed by atoms with Crippen molar-refractivity contribution in [1.29, 1.82) is 0 Å². The lowest BCUT2D eigenvalue weighted by Crippen LogP contribution is -2.18. The van der Waals surface area contributed by atoms with Crippen LogP contribution in [0.1, 0.15) is 77.6 Å². The summed E-state index contributed by atoms with van der Waals surface area (Å²) in [5.41, 5.74) is 6.68. The zero-order chi connectivity index (χ0) is 18.9. The topological polar surface area (TPSA) is 83.5 Å². The van der Waals surface area contributed by atoms with Gasteiger partial charge in [0.15, 0.2) is 0 Å². The van der Waals surface area contributed by atoms with E-state index in [0.717, 1.165) is 57.8 Å². The first kappa shape index (κ1) is 21.2. The van der Waals surface area contributed by atoms with E-state index >= 15 is 0 Å². The fourth-order valence-corrected chi connectivity index (χ4v) is 4.57. The molecular formula is C22H37NO3. The van der Waals surface area contributed by atoms with E-state index in [1.807, 2.05) is 6.08 Å². The van der Waals surface area contributed by atoms with Crippen LogP contribution < -0.4 is 5.73 Å². The maximum Gasteiger partial charge on any atom is 0.217 e. The number of carbonyl (C=O) groups excluding carboxylic acids is 1. The monoisotopic (exact) mass is 363 g/mol. The van der Waals surface area contributed by atoms with Gasteiger partial charge < -0.3 is 15.9 Å². The van der Waals surface area contributed by atoms with Crippen molar-refractivity contribution < 1.29 is 15.0 Å². The predicted octanol–water partition coefficient (Wildman–Crippen LogP) is 3.86. The van der Waals surface area contributed by atoms with Gasteiger partial charge in [0.1, 0.15) is 0 Å². The number of primary amides is 1. The molecule has 0 heterocycles. The molecule has 4 nitrogen and oxygen atoms in total. The molecule has 0 saturated heterocycles. The minimum absolute atomic E-state index is 0.171. The van der Waals surface area contributed by atoms with E-state index in [4.69, 9.17) is 5.73 Å². The molecule has 4 heteroatoms. The number of rotatable bonds is 12. The average molecular weight is 364 g/mol. The van der Waals surface area contributed by atoms with Gasteiger partial charge in [0.25, 0.3) is 0 Å². The number of hydrogen-bond acceptors (Lipinski definition) is 3. The summed E-state index contributed by atoms with van der Waals surface area (Å²) in [6.45, 7) is 2.17. The third kappa shape index (κ3) is 6.55. The molecular weight excluding hydrogens is 326 g/mol. The standard InChI is InChI=1S/C22H37NO3/c1-2-3-5-9-18(24)11-12-19-20-14-16(13-17(20)15-21(19)25)8-6-4-7-10-22(23)26/h11-13,17-21,24-25H,2-10,14-15H2,1H3,(H2,23,26)/b12-11+/t17-,18-,19+,20-,21+/m0/s1. The van der Waals surface area contributed by atoms with Crippen molar-refractivity contribution in [2.75, 3.05) is 0 Å². The van der Waals surface area contributed by atoms with E-state index in [-0.39, 0.29) is 24.0 Å². The summed E-state index contributed by atoms with van der Waals surface area (Å²) in [6, 6.07) is 0. The molecule has 0 spiro atoms. The Balaban J connectivity index is 1.75. The number of unbranched alkanes of at least 4 members (excludes halogenated alkanes) is 4. The lowest BCUT2D eigenvalue weighted by Gasteiger charge is -2.19. The molecule has 4 N–H and O–H groups in total. The molecule has 1 fully saturated rings. The number of aliphatic hydroxyl groups is 2. The van der Waals surface area contributed by atoms with Gasteiger partial charge in [0, 0.05) is 12.3 Å². The van der Waals surface area contributed by atoms with Gasteiger partial charge in [-0.15, -0.1) is 0 Å². The van der Waals surface area contributed by atoms with E-state index in [1.54, 1.807) is 0 Å². The molecule has 1 saturated carbocycles. The Morgan fingerprint density at radius 3 is 2.85 bits per heavy atom. The highest BCUT2D eigenvalue weighted by atomic mass is 16.3. The van der Waals surface area contributed by atoms with E-state index < -0.39 is 0 Å². The zero-order valence-corrected chi connectivity index (χ0v) is 16.3. The second kappa shape index (κ2) is 10.9. The highest BCUT2D eigenvalue weighted by molar-refractivity contribution is 5.73. The molecule has 1 amide bonds.